The number of hydrogen-bond donors (Lipinski definition) is 1. The van der Waals surface area contributed by atoms with Gasteiger partial charge in [0, 0.05) is 0 Å². The van der Waals surface area contributed by atoms with Crippen LogP contribution in [-0.4, -0.2) is 52.7 Å². The topological polar surface area (TPSA) is 85.3 Å². The molecule has 3 atom stereocenters. The van der Waals surface area contributed by atoms with Gasteiger partial charge in [-0.25, -0.2) is 9.59 Å². The maximum absolute atomic E-state index is 12.3. The molecule has 7 nitrogen and oxygen atoms in total. The van der Waals surface area contributed by atoms with Crippen molar-refractivity contribution < 1.29 is 28.9 Å². The third-order valence-corrected chi connectivity index (χ3v) is 3.94. The SMILES string of the molecule is CC1(C)OC2CN(C(=O)OCc3ccccc3)[C@H](C(=O)O)C2O1. The molecule has 2 aliphatic heterocycles. The lowest BCUT2D eigenvalue weighted by molar-refractivity contribution is -0.168. The summed E-state index contributed by atoms with van der Waals surface area (Å²) in [5.74, 6) is -1.97. The average Bonchev–Trinajstić information content (AvgIpc) is 2.97. The molecular formula is C16H19NO6. The summed E-state index contributed by atoms with van der Waals surface area (Å²) in [7, 11) is 0. The van der Waals surface area contributed by atoms with Crippen molar-refractivity contribution in [1.29, 1.82) is 0 Å². The maximum Gasteiger partial charge on any atom is 0.411 e. The van der Waals surface area contributed by atoms with Gasteiger partial charge in [-0.1, -0.05) is 30.3 Å². The van der Waals surface area contributed by atoms with Crippen LogP contribution in [0.2, 0.25) is 0 Å². The fourth-order valence-corrected chi connectivity index (χ4v) is 3.02. The van der Waals surface area contributed by atoms with Gasteiger partial charge in [0.2, 0.25) is 0 Å². The van der Waals surface area contributed by atoms with Crippen LogP contribution < -0.4 is 0 Å². The minimum Gasteiger partial charge on any atom is -0.480 e. The van der Waals surface area contributed by atoms with Gasteiger partial charge in [0.15, 0.2) is 11.8 Å². The Kier molecular flexibility index (Phi) is 3.99. The molecule has 1 aromatic rings. The summed E-state index contributed by atoms with van der Waals surface area (Å²) in [6.45, 7) is 3.67. The predicted octanol–water partition coefficient (Wildman–Crippen LogP) is 1.61. The quantitative estimate of drug-likeness (QED) is 0.910. The number of hydrogen-bond acceptors (Lipinski definition) is 5. The molecule has 2 unspecified atom stereocenters. The van der Waals surface area contributed by atoms with Gasteiger partial charge in [0.1, 0.15) is 18.8 Å². The van der Waals surface area contributed by atoms with Gasteiger partial charge in [-0.2, -0.15) is 0 Å². The smallest absolute Gasteiger partial charge is 0.411 e. The molecule has 2 fully saturated rings. The predicted molar refractivity (Wildman–Crippen MR) is 78.6 cm³/mol. The van der Waals surface area contributed by atoms with Gasteiger partial charge in [0.25, 0.3) is 0 Å². The second-order valence-corrected chi connectivity index (χ2v) is 6.11. The lowest BCUT2D eigenvalue weighted by atomic mass is 10.1. The maximum atomic E-state index is 12.3. The van der Waals surface area contributed by atoms with E-state index >= 15 is 0 Å². The zero-order valence-corrected chi connectivity index (χ0v) is 13.0. The highest BCUT2D eigenvalue weighted by Crippen LogP contribution is 2.37. The zero-order chi connectivity index (χ0) is 16.6. The molecule has 0 bridgehead atoms. The Hall–Kier alpha value is -2.12. The highest BCUT2D eigenvalue weighted by Gasteiger charge is 2.57. The second-order valence-electron chi connectivity index (χ2n) is 6.11. The summed E-state index contributed by atoms with van der Waals surface area (Å²) in [5.41, 5.74) is 0.834. The van der Waals surface area contributed by atoms with Crippen LogP contribution in [0.25, 0.3) is 0 Å². The molecular weight excluding hydrogens is 302 g/mol. The van der Waals surface area contributed by atoms with E-state index in [9.17, 15) is 14.7 Å². The van der Waals surface area contributed by atoms with E-state index in [-0.39, 0.29) is 13.2 Å². The number of carboxylic acids is 1. The first-order chi connectivity index (χ1) is 10.9. The van der Waals surface area contributed by atoms with E-state index in [2.05, 4.69) is 0 Å². The van der Waals surface area contributed by atoms with E-state index in [0.29, 0.717) is 0 Å². The lowest BCUT2D eigenvalue weighted by Crippen LogP contribution is -2.47. The van der Waals surface area contributed by atoms with Crippen LogP contribution in [0.15, 0.2) is 30.3 Å². The molecule has 1 amide bonds. The summed E-state index contributed by atoms with van der Waals surface area (Å²) >= 11 is 0. The number of carbonyl (C=O) groups is 2. The molecule has 1 N–H and O–H groups in total. The molecule has 0 aromatic heterocycles. The number of fused-ring (bicyclic) bond motifs is 1. The normalized spacial score (nSPS) is 28.4. The minimum atomic E-state index is -1.13. The average molecular weight is 321 g/mol. The van der Waals surface area contributed by atoms with E-state index in [1.54, 1.807) is 13.8 Å². The molecule has 2 aliphatic rings. The Morgan fingerprint density at radius 2 is 2.00 bits per heavy atom. The standard InChI is InChI=1S/C16H19NO6/c1-16(2)22-11-8-17(12(14(18)19)13(11)23-16)15(20)21-9-10-6-4-3-5-7-10/h3-7,11-13H,8-9H2,1-2H3,(H,18,19)/t11?,12-,13?/m0/s1. The zero-order valence-electron chi connectivity index (χ0n) is 13.0. The molecule has 23 heavy (non-hydrogen) atoms. The van der Waals surface area contributed by atoms with Gasteiger partial charge in [0.05, 0.1) is 6.54 Å². The molecule has 0 radical (unpaired) electrons. The van der Waals surface area contributed by atoms with E-state index in [1.165, 1.54) is 0 Å². The van der Waals surface area contributed by atoms with E-state index in [1.807, 2.05) is 30.3 Å². The molecule has 2 saturated heterocycles. The fraction of sp³-hybridized carbons (Fsp3) is 0.500. The highest BCUT2D eigenvalue weighted by molar-refractivity contribution is 5.82. The first-order valence-corrected chi connectivity index (χ1v) is 7.43. The molecule has 0 spiro atoms. The Morgan fingerprint density at radius 3 is 2.65 bits per heavy atom. The summed E-state index contributed by atoms with van der Waals surface area (Å²) in [4.78, 5) is 25.0. The molecule has 7 heteroatoms. The number of carboxylic acid groups (broad SMARTS) is 1. The summed E-state index contributed by atoms with van der Waals surface area (Å²) in [5, 5.41) is 9.45. The Bertz CT molecular complexity index is 602. The van der Waals surface area contributed by atoms with Crippen LogP contribution >= 0.6 is 0 Å². The minimum absolute atomic E-state index is 0.0883. The Labute approximate surface area is 133 Å². The number of nitrogens with zero attached hydrogens (tertiary/aromatic N) is 1. The van der Waals surface area contributed by atoms with Crippen LogP contribution in [0.3, 0.4) is 0 Å². The first kappa shape index (κ1) is 15.8. The second kappa shape index (κ2) is 5.82. The van der Waals surface area contributed by atoms with Crippen LogP contribution in [0.1, 0.15) is 19.4 Å². The molecule has 124 valence electrons. The summed E-state index contributed by atoms with van der Waals surface area (Å²) < 4.78 is 16.5. The Morgan fingerprint density at radius 1 is 1.30 bits per heavy atom. The number of ether oxygens (including phenoxy) is 3. The summed E-state index contributed by atoms with van der Waals surface area (Å²) in [6, 6.07) is 8.10. The van der Waals surface area contributed by atoms with E-state index in [4.69, 9.17) is 14.2 Å². The van der Waals surface area contributed by atoms with Crippen molar-refractivity contribution in [3.63, 3.8) is 0 Å². The van der Waals surface area contributed by atoms with Crippen molar-refractivity contribution in [2.45, 2.75) is 44.5 Å². The molecule has 0 aliphatic carbocycles. The van der Waals surface area contributed by atoms with E-state index < -0.39 is 36.1 Å². The van der Waals surface area contributed by atoms with Gasteiger partial charge in [-0.05, 0) is 19.4 Å². The number of carbonyl (C=O) groups excluding carboxylic acids is 1. The van der Waals surface area contributed by atoms with Gasteiger partial charge < -0.3 is 19.3 Å². The van der Waals surface area contributed by atoms with Crippen molar-refractivity contribution in [3.8, 4) is 0 Å². The fourth-order valence-electron chi connectivity index (χ4n) is 3.02. The molecule has 1 aromatic carbocycles. The summed E-state index contributed by atoms with van der Waals surface area (Å²) in [6.07, 6.45) is -1.83. The van der Waals surface area contributed by atoms with Crippen LogP contribution in [0, 0.1) is 0 Å². The van der Waals surface area contributed by atoms with Crippen LogP contribution in [0.4, 0.5) is 4.79 Å². The first-order valence-electron chi connectivity index (χ1n) is 7.43. The largest absolute Gasteiger partial charge is 0.480 e. The number of rotatable bonds is 3. The number of amides is 1. The number of aliphatic carboxylic acids is 1. The van der Waals surface area contributed by atoms with Crippen molar-refractivity contribution in [2.24, 2.45) is 0 Å². The third-order valence-electron chi connectivity index (χ3n) is 3.94. The number of benzene rings is 1. The van der Waals surface area contributed by atoms with Crippen LogP contribution in [-0.2, 0) is 25.6 Å². The van der Waals surface area contributed by atoms with Crippen molar-refractivity contribution in [1.82, 2.24) is 4.90 Å². The highest BCUT2D eigenvalue weighted by atomic mass is 16.8. The lowest BCUT2D eigenvalue weighted by Gasteiger charge is -2.26. The van der Waals surface area contributed by atoms with Crippen molar-refractivity contribution >= 4 is 12.1 Å². The van der Waals surface area contributed by atoms with Gasteiger partial charge in [-0.15, -0.1) is 0 Å². The van der Waals surface area contributed by atoms with Gasteiger partial charge in [-0.3, -0.25) is 4.90 Å². The number of likely N-dealkylation sites (tertiary alicyclic amines) is 1. The third kappa shape index (κ3) is 3.16. The molecule has 3 rings (SSSR count). The van der Waals surface area contributed by atoms with Crippen LogP contribution in [0.5, 0.6) is 0 Å². The van der Waals surface area contributed by atoms with Gasteiger partial charge >= 0.3 is 12.1 Å². The monoisotopic (exact) mass is 321 g/mol. The Balaban J connectivity index is 1.67. The van der Waals surface area contributed by atoms with Crippen molar-refractivity contribution in [2.75, 3.05) is 6.54 Å². The van der Waals surface area contributed by atoms with E-state index in [0.717, 1.165) is 10.5 Å². The molecule has 2 heterocycles. The molecule has 0 saturated carbocycles. The van der Waals surface area contributed by atoms with Crippen molar-refractivity contribution in [3.05, 3.63) is 35.9 Å².